The van der Waals surface area contributed by atoms with E-state index in [-0.39, 0.29) is 5.69 Å². The van der Waals surface area contributed by atoms with Gasteiger partial charge in [-0.25, -0.2) is 9.78 Å². The molecule has 2 aliphatic heterocycles. The molecule has 2 aromatic heterocycles. The van der Waals surface area contributed by atoms with Crippen LogP contribution in [-0.2, 0) is 0 Å². The maximum absolute atomic E-state index is 12.4. The second-order valence-electron chi connectivity index (χ2n) is 7.19. The van der Waals surface area contributed by atoms with Crippen molar-refractivity contribution in [2.75, 3.05) is 60.0 Å². The second-order valence-corrected chi connectivity index (χ2v) is 7.19. The predicted octanol–water partition coefficient (Wildman–Crippen LogP) is 2.02. The lowest BCUT2D eigenvalue weighted by Crippen LogP contribution is -2.47. The largest absolute Gasteiger partial charge is 0.493 e. The van der Waals surface area contributed by atoms with Crippen LogP contribution in [0, 0.1) is 0 Å². The van der Waals surface area contributed by atoms with E-state index in [9.17, 15) is 4.79 Å². The molecule has 2 N–H and O–H groups in total. The van der Waals surface area contributed by atoms with Crippen LogP contribution in [0.3, 0.4) is 0 Å². The van der Waals surface area contributed by atoms with Gasteiger partial charge in [-0.15, -0.1) is 0 Å². The molecular formula is C21H23N7O2. The third-order valence-electron chi connectivity index (χ3n) is 5.49. The quantitative estimate of drug-likeness (QED) is 0.682. The molecule has 0 atom stereocenters. The number of H-pyrrole nitrogens is 1. The molecule has 154 valence electrons. The van der Waals surface area contributed by atoms with Gasteiger partial charge < -0.3 is 24.8 Å². The SMILES string of the molecule is COc1cccnc1N1CCN(c2nc(=O)[nH]c3c2NCN3c2ccccc2)CC1. The average molecular weight is 405 g/mol. The maximum atomic E-state index is 12.4. The van der Waals surface area contributed by atoms with Crippen LogP contribution in [0.4, 0.5) is 28.8 Å². The van der Waals surface area contributed by atoms with Crippen molar-refractivity contribution in [1.29, 1.82) is 0 Å². The molecule has 0 saturated carbocycles. The molecule has 1 aromatic carbocycles. The van der Waals surface area contributed by atoms with Crippen LogP contribution in [0.5, 0.6) is 5.75 Å². The number of benzene rings is 1. The van der Waals surface area contributed by atoms with Crippen LogP contribution in [0.1, 0.15) is 0 Å². The zero-order chi connectivity index (χ0) is 20.5. The van der Waals surface area contributed by atoms with Crippen LogP contribution in [0.25, 0.3) is 0 Å². The van der Waals surface area contributed by atoms with E-state index in [0.717, 1.165) is 54.9 Å². The molecule has 5 rings (SSSR count). The molecule has 9 nitrogen and oxygen atoms in total. The number of anilines is 5. The third-order valence-corrected chi connectivity index (χ3v) is 5.49. The maximum Gasteiger partial charge on any atom is 0.348 e. The van der Waals surface area contributed by atoms with Crippen molar-refractivity contribution in [3.05, 3.63) is 59.1 Å². The first-order valence-corrected chi connectivity index (χ1v) is 9.94. The fourth-order valence-corrected chi connectivity index (χ4v) is 4.02. The first kappa shape index (κ1) is 18.3. The Kier molecular flexibility index (Phi) is 4.62. The number of hydrogen-bond donors (Lipinski definition) is 2. The Morgan fingerprint density at radius 2 is 1.70 bits per heavy atom. The monoisotopic (exact) mass is 405 g/mol. The first-order valence-electron chi connectivity index (χ1n) is 9.94. The summed E-state index contributed by atoms with van der Waals surface area (Å²) < 4.78 is 5.45. The Balaban J connectivity index is 1.40. The lowest BCUT2D eigenvalue weighted by molar-refractivity contribution is 0.411. The van der Waals surface area contributed by atoms with E-state index < -0.39 is 0 Å². The summed E-state index contributed by atoms with van der Waals surface area (Å²) in [5.74, 6) is 3.06. The molecular weight excluding hydrogens is 382 g/mol. The fraction of sp³-hybridized carbons (Fsp3) is 0.286. The molecule has 1 saturated heterocycles. The number of nitrogens with zero attached hydrogens (tertiary/aromatic N) is 5. The zero-order valence-electron chi connectivity index (χ0n) is 16.7. The van der Waals surface area contributed by atoms with Gasteiger partial charge >= 0.3 is 5.69 Å². The molecule has 2 aliphatic rings. The van der Waals surface area contributed by atoms with Gasteiger partial charge in [0.15, 0.2) is 17.4 Å². The van der Waals surface area contributed by atoms with Gasteiger partial charge in [0, 0.05) is 38.1 Å². The normalized spacial score (nSPS) is 15.7. The Morgan fingerprint density at radius 1 is 0.967 bits per heavy atom. The van der Waals surface area contributed by atoms with Crippen molar-refractivity contribution in [3.8, 4) is 5.75 Å². The Hall–Kier alpha value is -3.75. The van der Waals surface area contributed by atoms with Crippen LogP contribution in [0.2, 0.25) is 0 Å². The number of pyridine rings is 1. The molecule has 9 heteroatoms. The molecule has 0 amide bonds. The lowest BCUT2D eigenvalue weighted by atomic mass is 10.2. The molecule has 1 fully saturated rings. The number of hydrogen-bond acceptors (Lipinski definition) is 8. The van der Waals surface area contributed by atoms with Crippen molar-refractivity contribution in [3.63, 3.8) is 0 Å². The summed E-state index contributed by atoms with van der Waals surface area (Å²) in [4.78, 5) is 30.4. The number of fused-ring (bicyclic) bond motifs is 1. The minimum atomic E-state index is -0.345. The number of methoxy groups -OCH3 is 1. The molecule has 3 aromatic rings. The Bertz CT molecular complexity index is 1090. The minimum absolute atomic E-state index is 0.345. The molecule has 0 aliphatic carbocycles. The standard InChI is InChI=1S/C21H23N7O2/c1-30-16-8-5-9-22-18(16)26-10-12-27(13-11-26)19-17-20(25-21(29)24-19)28(14-23-17)15-6-3-2-4-7-15/h2-9,23H,10-14H2,1H3,(H,24,25,29). The highest BCUT2D eigenvalue weighted by Gasteiger charge is 2.29. The van der Waals surface area contributed by atoms with E-state index in [1.807, 2.05) is 42.5 Å². The molecule has 4 heterocycles. The number of nitrogens with one attached hydrogen (secondary N) is 2. The van der Waals surface area contributed by atoms with Gasteiger partial charge in [-0.3, -0.25) is 4.98 Å². The summed E-state index contributed by atoms with van der Waals surface area (Å²) in [6.07, 6.45) is 1.78. The molecule has 0 unspecified atom stereocenters. The van der Waals surface area contributed by atoms with Gasteiger partial charge in [0.05, 0.1) is 13.8 Å². The number of piperazine rings is 1. The first-order chi connectivity index (χ1) is 14.7. The fourth-order valence-electron chi connectivity index (χ4n) is 4.02. The van der Waals surface area contributed by atoms with Crippen LogP contribution in [0.15, 0.2) is 53.5 Å². The summed E-state index contributed by atoms with van der Waals surface area (Å²) in [5, 5.41) is 3.41. The number of ether oxygens (including phenoxy) is 1. The van der Waals surface area contributed by atoms with E-state index in [4.69, 9.17) is 4.74 Å². The van der Waals surface area contributed by atoms with Gasteiger partial charge in [-0.2, -0.15) is 4.98 Å². The predicted molar refractivity (Wildman–Crippen MR) is 117 cm³/mol. The number of aromatic nitrogens is 3. The number of rotatable bonds is 4. The molecule has 0 radical (unpaired) electrons. The van der Waals surface area contributed by atoms with Crippen LogP contribution >= 0.6 is 0 Å². The van der Waals surface area contributed by atoms with E-state index in [2.05, 4.69) is 35.0 Å². The van der Waals surface area contributed by atoms with Gasteiger partial charge in [0.2, 0.25) is 0 Å². The van der Waals surface area contributed by atoms with Crippen molar-refractivity contribution in [2.24, 2.45) is 0 Å². The highest BCUT2D eigenvalue weighted by Crippen LogP contribution is 2.39. The second kappa shape index (κ2) is 7.58. The van der Waals surface area contributed by atoms with Crippen LogP contribution in [-0.4, -0.2) is 54.9 Å². The van der Waals surface area contributed by atoms with Crippen molar-refractivity contribution >= 4 is 28.8 Å². The lowest BCUT2D eigenvalue weighted by Gasteiger charge is -2.36. The van der Waals surface area contributed by atoms with Crippen molar-refractivity contribution in [1.82, 2.24) is 15.0 Å². The minimum Gasteiger partial charge on any atom is -0.493 e. The van der Waals surface area contributed by atoms with Gasteiger partial charge in [0.25, 0.3) is 0 Å². The van der Waals surface area contributed by atoms with Gasteiger partial charge in [-0.05, 0) is 24.3 Å². The van der Waals surface area contributed by atoms with Gasteiger partial charge in [-0.1, -0.05) is 18.2 Å². The topological polar surface area (TPSA) is 89.6 Å². The number of para-hydroxylation sites is 1. The average Bonchev–Trinajstić information content (AvgIpc) is 3.23. The van der Waals surface area contributed by atoms with E-state index in [1.54, 1.807) is 13.3 Å². The Morgan fingerprint density at radius 3 is 2.43 bits per heavy atom. The summed E-state index contributed by atoms with van der Waals surface area (Å²) in [6, 6.07) is 13.8. The third kappa shape index (κ3) is 3.18. The molecule has 30 heavy (non-hydrogen) atoms. The Labute approximate surface area is 173 Å². The zero-order valence-corrected chi connectivity index (χ0v) is 16.7. The molecule has 0 bridgehead atoms. The molecule has 0 spiro atoms. The van der Waals surface area contributed by atoms with E-state index in [1.165, 1.54) is 0 Å². The summed E-state index contributed by atoms with van der Waals surface area (Å²) in [7, 11) is 1.66. The summed E-state index contributed by atoms with van der Waals surface area (Å²) in [6.45, 7) is 3.57. The summed E-state index contributed by atoms with van der Waals surface area (Å²) >= 11 is 0. The highest BCUT2D eigenvalue weighted by atomic mass is 16.5. The highest BCUT2D eigenvalue weighted by molar-refractivity contribution is 5.85. The van der Waals surface area contributed by atoms with Crippen molar-refractivity contribution in [2.45, 2.75) is 0 Å². The number of aromatic amines is 1. The summed E-state index contributed by atoms with van der Waals surface area (Å²) in [5.41, 5.74) is 1.54. The van der Waals surface area contributed by atoms with Gasteiger partial charge in [0.1, 0.15) is 11.5 Å². The van der Waals surface area contributed by atoms with Crippen molar-refractivity contribution < 1.29 is 4.74 Å². The van der Waals surface area contributed by atoms with E-state index in [0.29, 0.717) is 12.5 Å². The van der Waals surface area contributed by atoms with E-state index >= 15 is 0 Å². The smallest absolute Gasteiger partial charge is 0.348 e. The van der Waals surface area contributed by atoms with Crippen LogP contribution < -0.4 is 30.4 Å².